The molecule has 0 aromatic heterocycles. The normalized spacial score (nSPS) is 10.7. The van der Waals surface area contributed by atoms with Gasteiger partial charge in [-0.1, -0.05) is 30.3 Å². The fourth-order valence-electron chi connectivity index (χ4n) is 2.74. The molecule has 0 aliphatic heterocycles. The number of amides is 1. The molecular formula is C22H20FNO2S. The minimum atomic E-state index is -0.348. The Morgan fingerprint density at radius 3 is 2.44 bits per heavy atom. The molecule has 1 N–H and O–H groups in total. The molecule has 3 rings (SSSR count). The van der Waals surface area contributed by atoms with Gasteiger partial charge in [-0.15, -0.1) is 0 Å². The molecule has 3 aromatic rings. The molecule has 0 aliphatic carbocycles. The van der Waals surface area contributed by atoms with Crippen LogP contribution in [0.3, 0.4) is 0 Å². The second kappa shape index (κ2) is 9.33. The molecule has 5 heteroatoms. The van der Waals surface area contributed by atoms with Crippen LogP contribution < -0.4 is 5.32 Å². The van der Waals surface area contributed by atoms with Crippen LogP contribution in [0.2, 0.25) is 0 Å². The minimum Gasteiger partial charge on any atom is -0.325 e. The second-order valence-corrected chi connectivity index (χ2v) is 7.30. The van der Waals surface area contributed by atoms with Gasteiger partial charge in [0.1, 0.15) is 5.82 Å². The van der Waals surface area contributed by atoms with E-state index in [1.165, 1.54) is 36.0 Å². The zero-order valence-electron chi connectivity index (χ0n) is 14.8. The second-order valence-electron chi connectivity index (χ2n) is 6.20. The van der Waals surface area contributed by atoms with Gasteiger partial charge in [0.15, 0.2) is 5.78 Å². The van der Waals surface area contributed by atoms with Gasteiger partial charge in [0.25, 0.3) is 0 Å². The number of nitrogens with one attached hydrogen (secondary N) is 1. The number of anilines is 1. The zero-order chi connectivity index (χ0) is 19.1. The lowest BCUT2D eigenvalue weighted by atomic mass is 10.1. The Balaban J connectivity index is 1.37. The van der Waals surface area contributed by atoms with Crippen LogP contribution in [0.1, 0.15) is 23.2 Å². The molecule has 0 aliphatic rings. The predicted octanol–water partition coefficient (Wildman–Crippen LogP) is 5.31. The summed E-state index contributed by atoms with van der Waals surface area (Å²) in [5.41, 5.74) is 1.31. The first kappa shape index (κ1) is 19.1. The molecule has 0 atom stereocenters. The van der Waals surface area contributed by atoms with Crippen molar-refractivity contribution in [2.75, 3.05) is 16.8 Å². The van der Waals surface area contributed by atoms with Crippen molar-refractivity contribution >= 4 is 39.9 Å². The molecule has 3 aromatic carbocycles. The highest BCUT2D eigenvalue weighted by Gasteiger charge is 2.07. The quantitative estimate of drug-likeness (QED) is 0.425. The van der Waals surface area contributed by atoms with Crippen LogP contribution in [0.5, 0.6) is 0 Å². The highest BCUT2D eigenvalue weighted by atomic mass is 32.2. The van der Waals surface area contributed by atoms with E-state index in [9.17, 15) is 14.0 Å². The number of hydrogen-bond acceptors (Lipinski definition) is 3. The van der Waals surface area contributed by atoms with Crippen molar-refractivity contribution in [3.8, 4) is 0 Å². The smallest absolute Gasteiger partial charge is 0.234 e. The van der Waals surface area contributed by atoms with Crippen LogP contribution >= 0.6 is 11.8 Å². The van der Waals surface area contributed by atoms with Crippen LogP contribution in [0.15, 0.2) is 66.7 Å². The number of benzene rings is 3. The zero-order valence-corrected chi connectivity index (χ0v) is 15.6. The van der Waals surface area contributed by atoms with E-state index in [0.717, 1.165) is 22.2 Å². The summed E-state index contributed by atoms with van der Waals surface area (Å²) in [5, 5.41) is 5.12. The van der Waals surface area contributed by atoms with E-state index >= 15 is 0 Å². The van der Waals surface area contributed by atoms with E-state index < -0.39 is 0 Å². The largest absolute Gasteiger partial charge is 0.325 e. The number of Topliss-reactive ketones (excluding diaryl/α,β-unsaturated/α-hetero) is 1. The number of thioether (sulfide) groups is 1. The molecule has 0 heterocycles. The molecule has 138 valence electrons. The van der Waals surface area contributed by atoms with Gasteiger partial charge >= 0.3 is 0 Å². The Morgan fingerprint density at radius 1 is 0.926 bits per heavy atom. The highest BCUT2D eigenvalue weighted by molar-refractivity contribution is 7.99. The summed E-state index contributed by atoms with van der Waals surface area (Å²) in [5.74, 6) is 0.659. The van der Waals surface area contributed by atoms with Gasteiger partial charge in [0.2, 0.25) is 5.91 Å². The summed E-state index contributed by atoms with van der Waals surface area (Å²) < 4.78 is 12.9. The summed E-state index contributed by atoms with van der Waals surface area (Å²) in [7, 11) is 0. The number of ketones is 1. The number of halogens is 1. The van der Waals surface area contributed by atoms with E-state index in [2.05, 4.69) is 5.32 Å². The SMILES string of the molecule is O=C(CSCCCC(=O)c1ccc(F)cc1)Nc1ccc2ccccc2c1. The Bertz CT molecular complexity index is 940. The molecule has 0 saturated carbocycles. The third-order valence-corrected chi connectivity index (χ3v) is 5.17. The first-order chi connectivity index (χ1) is 13.1. The van der Waals surface area contributed by atoms with E-state index in [1.54, 1.807) is 0 Å². The van der Waals surface area contributed by atoms with Crippen LogP contribution in [0.4, 0.5) is 10.1 Å². The summed E-state index contributed by atoms with van der Waals surface area (Å²) in [4.78, 5) is 24.1. The summed E-state index contributed by atoms with van der Waals surface area (Å²) in [6.07, 6.45) is 1.08. The lowest BCUT2D eigenvalue weighted by Crippen LogP contribution is -2.14. The molecular weight excluding hydrogens is 361 g/mol. The third kappa shape index (κ3) is 5.66. The number of fused-ring (bicyclic) bond motifs is 1. The minimum absolute atomic E-state index is 0.00350. The van der Waals surface area contributed by atoms with Gasteiger partial charge in [-0.25, -0.2) is 4.39 Å². The average Bonchev–Trinajstić information content (AvgIpc) is 2.68. The number of carbonyl (C=O) groups is 2. The van der Waals surface area contributed by atoms with Crippen LogP contribution in [0.25, 0.3) is 10.8 Å². The molecule has 3 nitrogen and oxygen atoms in total. The molecule has 0 unspecified atom stereocenters. The van der Waals surface area contributed by atoms with Crippen LogP contribution in [0, 0.1) is 5.82 Å². The molecule has 27 heavy (non-hydrogen) atoms. The predicted molar refractivity (Wildman–Crippen MR) is 110 cm³/mol. The maximum atomic E-state index is 12.9. The van der Waals surface area contributed by atoms with Crippen molar-refractivity contribution in [1.29, 1.82) is 0 Å². The van der Waals surface area contributed by atoms with Crippen molar-refractivity contribution in [1.82, 2.24) is 0 Å². The Labute approximate surface area is 162 Å². The molecule has 0 bridgehead atoms. The van der Waals surface area contributed by atoms with Gasteiger partial charge in [-0.2, -0.15) is 11.8 Å². The Morgan fingerprint density at radius 2 is 1.67 bits per heavy atom. The average molecular weight is 381 g/mol. The Hall–Kier alpha value is -2.66. The van der Waals surface area contributed by atoms with Gasteiger partial charge in [0, 0.05) is 17.7 Å². The number of hydrogen-bond donors (Lipinski definition) is 1. The van der Waals surface area contributed by atoms with Crippen molar-refractivity contribution in [3.63, 3.8) is 0 Å². The molecule has 0 fully saturated rings. The summed E-state index contributed by atoms with van der Waals surface area (Å²) in [6, 6.07) is 19.4. The van der Waals surface area contributed by atoms with E-state index in [4.69, 9.17) is 0 Å². The van der Waals surface area contributed by atoms with Crippen molar-refractivity contribution in [3.05, 3.63) is 78.1 Å². The van der Waals surface area contributed by atoms with Crippen molar-refractivity contribution < 1.29 is 14.0 Å². The van der Waals surface area contributed by atoms with Gasteiger partial charge in [-0.3, -0.25) is 9.59 Å². The van der Waals surface area contributed by atoms with Crippen molar-refractivity contribution in [2.45, 2.75) is 12.8 Å². The summed E-state index contributed by atoms with van der Waals surface area (Å²) in [6.45, 7) is 0. The maximum absolute atomic E-state index is 12.9. The fraction of sp³-hybridized carbons (Fsp3) is 0.182. The highest BCUT2D eigenvalue weighted by Crippen LogP contribution is 2.19. The number of carbonyl (C=O) groups excluding carboxylic acids is 2. The standard InChI is InChI=1S/C22H20FNO2S/c23-19-10-7-17(8-11-19)21(25)6-3-13-27-15-22(26)24-20-12-9-16-4-1-2-5-18(16)14-20/h1-2,4-5,7-12,14H,3,6,13,15H2,(H,24,26). The van der Waals surface area contributed by atoms with Crippen molar-refractivity contribution in [2.24, 2.45) is 0 Å². The molecule has 1 amide bonds. The van der Waals surface area contributed by atoms with Crippen LogP contribution in [-0.2, 0) is 4.79 Å². The van der Waals surface area contributed by atoms with E-state index in [1.807, 2.05) is 42.5 Å². The monoisotopic (exact) mass is 381 g/mol. The first-order valence-corrected chi connectivity index (χ1v) is 9.92. The number of rotatable bonds is 8. The fourth-order valence-corrected chi connectivity index (χ4v) is 3.49. The van der Waals surface area contributed by atoms with Crippen LogP contribution in [-0.4, -0.2) is 23.2 Å². The van der Waals surface area contributed by atoms with E-state index in [-0.39, 0.29) is 17.5 Å². The third-order valence-electron chi connectivity index (χ3n) is 4.13. The first-order valence-electron chi connectivity index (χ1n) is 8.77. The Kier molecular flexibility index (Phi) is 6.60. The lowest BCUT2D eigenvalue weighted by Gasteiger charge is -2.07. The maximum Gasteiger partial charge on any atom is 0.234 e. The summed E-state index contributed by atoms with van der Waals surface area (Å²) >= 11 is 1.50. The van der Waals surface area contributed by atoms with E-state index in [0.29, 0.717) is 24.2 Å². The molecule has 0 spiro atoms. The topological polar surface area (TPSA) is 46.2 Å². The van der Waals surface area contributed by atoms with Gasteiger partial charge in [-0.05, 0) is 59.3 Å². The van der Waals surface area contributed by atoms with Gasteiger partial charge < -0.3 is 5.32 Å². The van der Waals surface area contributed by atoms with Gasteiger partial charge in [0.05, 0.1) is 5.75 Å². The molecule has 0 radical (unpaired) electrons. The molecule has 0 saturated heterocycles. The lowest BCUT2D eigenvalue weighted by molar-refractivity contribution is -0.113.